The lowest BCUT2D eigenvalue weighted by molar-refractivity contribution is -0.0520. The van der Waals surface area contributed by atoms with Gasteiger partial charge in [-0.15, -0.1) is 0 Å². The average molecular weight is 235 g/mol. The van der Waals surface area contributed by atoms with E-state index >= 15 is 0 Å². The second-order valence-electron chi connectivity index (χ2n) is 3.54. The molecule has 0 aromatic heterocycles. The Morgan fingerprint density at radius 2 is 1.94 bits per heavy atom. The van der Waals surface area contributed by atoms with Crippen LogP contribution in [0.3, 0.4) is 0 Å². The molecule has 0 unspecified atom stereocenters. The predicted molar refractivity (Wildman–Crippen MR) is 49.6 cm³/mol. The molecule has 1 aliphatic carbocycles. The van der Waals surface area contributed by atoms with E-state index in [2.05, 4.69) is 10.1 Å². The molecule has 16 heavy (non-hydrogen) atoms. The summed E-state index contributed by atoms with van der Waals surface area (Å²) in [6.45, 7) is -3.18. The maximum atomic E-state index is 13.2. The van der Waals surface area contributed by atoms with E-state index in [0.717, 1.165) is 18.9 Å². The topological polar surface area (TPSA) is 21.3 Å². The van der Waals surface area contributed by atoms with Crippen molar-refractivity contribution in [3.05, 3.63) is 23.8 Å². The number of ether oxygens (including phenoxy) is 1. The third-order valence-electron chi connectivity index (χ3n) is 2.19. The molecule has 0 radical (unpaired) electrons. The number of benzene rings is 1. The van der Waals surface area contributed by atoms with Crippen LogP contribution in [0.2, 0.25) is 0 Å². The van der Waals surface area contributed by atoms with Crippen LogP contribution < -0.4 is 10.1 Å². The van der Waals surface area contributed by atoms with Crippen molar-refractivity contribution < 1.29 is 22.3 Å². The lowest BCUT2D eigenvalue weighted by Crippen LogP contribution is -2.10. The van der Waals surface area contributed by atoms with Crippen molar-refractivity contribution in [2.24, 2.45) is 0 Å². The van der Waals surface area contributed by atoms with Crippen LogP contribution in [0.5, 0.6) is 5.75 Å². The molecular weight excluding hydrogens is 226 g/mol. The van der Waals surface area contributed by atoms with Crippen LogP contribution in [0, 0.1) is 11.6 Å². The van der Waals surface area contributed by atoms with Gasteiger partial charge >= 0.3 is 6.61 Å². The molecule has 0 bridgehead atoms. The molecule has 88 valence electrons. The van der Waals surface area contributed by atoms with Gasteiger partial charge in [0.05, 0.1) is 5.69 Å². The SMILES string of the molecule is Fc1ccc(NC2CC2)c(OC(F)F)c1F. The fraction of sp³-hybridized carbons (Fsp3) is 0.400. The maximum absolute atomic E-state index is 13.2. The Bertz CT molecular complexity index is 393. The Morgan fingerprint density at radius 3 is 2.50 bits per heavy atom. The number of halogens is 4. The van der Waals surface area contributed by atoms with Gasteiger partial charge in [0.15, 0.2) is 11.6 Å². The van der Waals surface area contributed by atoms with Crippen LogP contribution >= 0.6 is 0 Å². The Hall–Kier alpha value is -1.46. The molecule has 1 fully saturated rings. The van der Waals surface area contributed by atoms with Gasteiger partial charge in [0.25, 0.3) is 0 Å². The molecule has 0 atom stereocenters. The highest BCUT2D eigenvalue weighted by atomic mass is 19.3. The number of nitrogens with one attached hydrogen (secondary N) is 1. The van der Waals surface area contributed by atoms with Gasteiger partial charge in [-0.1, -0.05) is 0 Å². The number of anilines is 1. The fourth-order valence-electron chi connectivity index (χ4n) is 1.30. The second-order valence-corrected chi connectivity index (χ2v) is 3.54. The summed E-state index contributed by atoms with van der Waals surface area (Å²) in [5.41, 5.74) is 0.0571. The third-order valence-corrected chi connectivity index (χ3v) is 2.19. The summed E-state index contributed by atoms with van der Waals surface area (Å²) < 4.78 is 54.1. The minimum atomic E-state index is -3.18. The Morgan fingerprint density at radius 1 is 1.25 bits per heavy atom. The summed E-state index contributed by atoms with van der Waals surface area (Å²) in [4.78, 5) is 0. The quantitative estimate of drug-likeness (QED) is 0.809. The number of rotatable bonds is 4. The number of hydrogen-bond acceptors (Lipinski definition) is 2. The van der Waals surface area contributed by atoms with Crippen LogP contribution in [-0.4, -0.2) is 12.7 Å². The van der Waals surface area contributed by atoms with Crippen molar-refractivity contribution in [3.8, 4) is 5.75 Å². The largest absolute Gasteiger partial charge is 0.429 e. The predicted octanol–water partition coefficient (Wildman–Crippen LogP) is 3.14. The molecule has 2 nitrogen and oxygen atoms in total. The molecule has 1 N–H and O–H groups in total. The first-order valence-electron chi connectivity index (χ1n) is 4.77. The summed E-state index contributed by atoms with van der Waals surface area (Å²) in [5.74, 6) is -3.37. The molecule has 0 saturated heterocycles. The van der Waals surface area contributed by atoms with Crippen molar-refractivity contribution in [1.29, 1.82) is 0 Å². The van der Waals surface area contributed by atoms with Gasteiger partial charge in [-0.25, -0.2) is 4.39 Å². The normalized spacial score (nSPS) is 15.3. The molecular formula is C10H9F4NO. The van der Waals surface area contributed by atoms with Crippen molar-refractivity contribution in [3.63, 3.8) is 0 Å². The summed E-state index contributed by atoms with van der Waals surface area (Å²) >= 11 is 0. The number of hydrogen-bond donors (Lipinski definition) is 1. The smallest absolute Gasteiger partial charge is 0.387 e. The molecule has 1 aromatic rings. The third kappa shape index (κ3) is 2.37. The molecule has 1 aliphatic rings. The highest BCUT2D eigenvalue weighted by Crippen LogP contribution is 2.34. The van der Waals surface area contributed by atoms with Crippen LogP contribution in [0.15, 0.2) is 12.1 Å². The van der Waals surface area contributed by atoms with Gasteiger partial charge in [-0.3, -0.25) is 0 Å². The van der Waals surface area contributed by atoms with Crippen LogP contribution in [0.4, 0.5) is 23.2 Å². The molecule has 2 rings (SSSR count). The molecule has 0 amide bonds. The van der Waals surface area contributed by atoms with E-state index in [9.17, 15) is 17.6 Å². The monoisotopic (exact) mass is 235 g/mol. The van der Waals surface area contributed by atoms with E-state index < -0.39 is 24.0 Å². The summed E-state index contributed by atoms with van der Waals surface area (Å²) in [6.07, 6.45) is 1.76. The van der Waals surface area contributed by atoms with Gasteiger partial charge in [-0.05, 0) is 25.0 Å². The minimum Gasteiger partial charge on any atom is -0.429 e. The van der Waals surface area contributed by atoms with E-state index in [1.165, 1.54) is 6.07 Å². The van der Waals surface area contributed by atoms with Gasteiger partial charge in [0, 0.05) is 6.04 Å². The highest BCUT2D eigenvalue weighted by molar-refractivity contribution is 5.58. The lowest BCUT2D eigenvalue weighted by atomic mass is 10.2. The van der Waals surface area contributed by atoms with Crippen LogP contribution in [0.1, 0.15) is 12.8 Å². The van der Waals surface area contributed by atoms with Crippen molar-refractivity contribution in [1.82, 2.24) is 0 Å². The second kappa shape index (κ2) is 4.19. The summed E-state index contributed by atoms with van der Waals surface area (Å²) in [5, 5.41) is 2.79. The highest BCUT2D eigenvalue weighted by Gasteiger charge is 2.25. The van der Waals surface area contributed by atoms with Crippen molar-refractivity contribution in [2.75, 3.05) is 5.32 Å². The zero-order valence-electron chi connectivity index (χ0n) is 8.14. The fourth-order valence-corrected chi connectivity index (χ4v) is 1.30. The van der Waals surface area contributed by atoms with E-state index in [-0.39, 0.29) is 11.7 Å². The van der Waals surface area contributed by atoms with Crippen LogP contribution in [-0.2, 0) is 0 Å². The Labute approximate surface area is 89.2 Å². The minimum absolute atomic E-state index is 0.0571. The Kier molecular flexibility index (Phi) is 2.89. The molecule has 0 heterocycles. The molecule has 6 heteroatoms. The Balaban J connectivity index is 2.29. The van der Waals surface area contributed by atoms with E-state index in [4.69, 9.17) is 0 Å². The van der Waals surface area contributed by atoms with Gasteiger partial charge in [0.2, 0.25) is 5.82 Å². The molecule has 0 spiro atoms. The first-order chi connectivity index (χ1) is 7.58. The van der Waals surface area contributed by atoms with Gasteiger partial charge < -0.3 is 10.1 Å². The molecule has 1 saturated carbocycles. The zero-order valence-corrected chi connectivity index (χ0v) is 8.14. The van der Waals surface area contributed by atoms with Gasteiger partial charge in [0.1, 0.15) is 0 Å². The summed E-state index contributed by atoms with van der Waals surface area (Å²) in [7, 11) is 0. The average Bonchev–Trinajstić information content (AvgIpc) is 3.01. The zero-order chi connectivity index (χ0) is 11.7. The van der Waals surface area contributed by atoms with Crippen molar-refractivity contribution >= 4 is 5.69 Å². The van der Waals surface area contributed by atoms with Crippen LogP contribution in [0.25, 0.3) is 0 Å². The number of alkyl halides is 2. The molecule has 0 aliphatic heterocycles. The van der Waals surface area contributed by atoms with E-state index in [1.54, 1.807) is 0 Å². The van der Waals surface area contributed by atoms with Crippen molar-refractivity contribution in [2.45, 2.75) is 25.5 Å². The van der Waals surface area contributed by atoms with E-state index in [1.807, 2.05) is 0 Å². The van der Waals surface area contributed by atoms with Gasteiger partial charge in [-0.2, -0.15) is 13.2 Å². The lowest BCUT2D eigenvalue weighted by Gasteiger charge is -2.13. The standard InChI is InChI=1S/C10H9F4NO/c11-6-3-4-7(15-5-1-2-5)9(8(6)12)16-10(13)14/h3-5,10,15H,1-2H2. The van der Waals surface area contributed by atoms with E-state index in [0.29, 0.717) is 0 Å². The maximum Gasteiger partial charge on any atom is 0.387 e. The first kappa shape index (κ1) is 11.0. The summed E-state index contributed by atoms with van der Waals surface area (Å²) in [6, 6.07) is 2.19. The molecule has 1 aromatic carbocycles. The first-order valence-corrected chi connectivity index (χ1v) is 4.77.